The Balaban J connectivity index is 0.000000385. The number of aromatic nitrogens is 4. The maximum atomic E-state index is 14.6. The fourth-order valence-electron chi connectivity index (χ4n) is 4.60. The van der Waals surface area contributed by atoms with Gasteiger partial charge in [-0.3, -0.25) is 14.3 Å². The molecule has 2 aromatic heterocycles. The van der Waals surface area contributed by atoms with Crippen LogP contribution in [0, 0.1) is 17.0 Å². The molecule has 1 aliphatic carbocycles. The van der Waals surface area contributed by atoms with Crippen molar-refractivity contribution in [3.63, 3.8) is 0 Å². The maximum absolute atomic E-state index is 14.6. The largest absolute Gasteiger partial charge is 0.482 e. The van der Waals surface area contributed by atoms with Gasteiger partial charge in [0, 0.05) is 49.3 Å². The Morgan fingerprint density at radius 1 is 1.21 bits per heavy atom. The van der Waals surface area contributed by atoms with Gasteiger partial charge in [0.15, 0.2) is 22.5 Å². The van der Waals surface area contributed by atoms with Gasteiger partial charge in [0.05, 0.1) is 11.9 Å². The van der Waals surface area contributed by atoms with Crippen LogP contribution in [0.3, 0.4) is 0 Å². The second-order valence-corrected chi connectivity index (χ2v) is 10.9. The number of hydrazone groups is 1. The van der Waals surface area contributed by atoms with E-state index in [2.05, 4.69) is 32.4 Å². The minimum atomic E-state index is -0.816. The molecule has 1 unspecified atom stereocenters. The summed E-state index contributed by atoms with van der Waals surface area (Å²) in [6.07, 6.45) is 15.3. The maximum Gasteiger partial charge on any atom is 0.219 e. The summed E-state index contributed by atoms with van der Waals surface area (Å²) < 4.78 is 36.4. The molecule has 10 nitrogen and oxygen atoms in total. The first kappa shape index (κ1) is 30.8. The summed E-state index contributed by atoms with van der Waals surface area (Å²) in [7, 11) is 0. The number of carbonyl (C=O) groups excluding carboxylic acids is 1. The zero-order valence-corrected chi connectivity index (χ0v) is 24.2. The number of halogens is 2. The Morgan fingerprint density at radius 2 is 2.02 bits per heavy atom. The molecular formula is C29H34F2N8O2S. The van der Waals surface area contributed by atoms with Gasteiger partial charge >= 0.3 is 0 Å². The van der Waals surface area contributed by atoms with Crippen LogP contribution in [0.15, 0.2) is 59.1 Å². The van der Waals surface area contributed by atoms with E-state index < -0.39 is 11.6 Å². The number of nitrogens with two attached hydrogens (primary N) is 1. The van der Waals surface area contributed by atoms with E-state index in [1.807, 2.05) is 11.0 Å². The number of nitrogens with zero attached hydrogens (tertiary/aromatic N) is 6. The molecule has 1 saturated heterocycles. The number of piperidine rings is 1. The van der Waals surface area contributed by atoms with Gasteiger partial charge in [0.2, 0.25) is 5.91 Å². The first-order valence-electron chi connectivity index (χ1n) is 13.7. The summed E-state index contributed by atoms with van der Waals surface area (Å²) >= 11 is 1.58. The number of amides is 1. The average molecular weight is 597 g/mol. The van der Waals surface area contributed by atoms with Crippen molar-refractivity contribution in [2.45, 2.75) is 62.5 Å². The Morgan fingerprint density at radius 3 is 2.64 bits per heavy atom. The number of carbonyl (C=O) groups is 1. The van der Waals surface area contributed by atoms with Gasteiger partial charge in [-0.05, 0) is 56.7 Å². The van der Waals surface area contributed by atoms with Gasteiger partial charge in [-0.1, -0.05) is 23.9 Å². The number of thioether (sulfide) groups is 1. The second-order valence-electron chi connectivity index (χ2n) is 9.74. The quantitative estimate of drug-likeness (QED) is 0.161. The smallest absolute Gasteiger partial charge is 0.219 e. The highest BCUT2D eigenvalue weighted by Crippen LogP contribution is 2.31. The molecule has 1 aliphatic heterocycles. The SMILES string of the molecule is CC(=O)N1CCCCC1.N=CC(=NN)c1cc(F)c(OCc2nnc(SC3C=CCCC3)n2-c2cccnc2)cc1F. The van der Waals surface area contributed by atoms with Crippen LogP contribution in [-0.4, -0.2) is 60.8 Å². The number of hydrogen-bond donors (Lipinski definition) is 2. The number of likely N-dealkylation sites (tertiary alicyclic amines) is 1. The molecule has 13 heteroatoms. The first-order valence-corrected chi connectivity index (χ1v) is 14.6. The highest BCUT2D eigenvalue weighted by molar-refractivity contribution is 7.99. The molecule has 1 fully saturated rings. The minimum Gasteiger partial charge on any atom is -0.482 e. The van der Waals surface area contributed by atoms with Gasteiger partial charge in [0.1, 0.15) is 18.1 Å². The van der Waals surface area contributed by atoms with E-state index in [9.17, 15) is 13.6 Å². The Labute approximate surface area is 247 Å². The summed E-state index contributed by atoms with van der Waals surface area (Å²) in [5.74, 6) is 3.85. The standard InChI is InChI=1S/C22H21F2N7OS.C7H13NO/c23-17-10-20(18(24)9-16(17)19(11-25)28-26)32-13-21-29-30-22(33-15-6-2-1-3-7-15)31(21)14-5-4-8-27-12-14;1-7(9)8-5-3-2-4-6-8/h2,4-6,8-12,15,25H,1,3,7,13,26H2;2-6H2,1H3. The predicted octanol–water partition coefficient (Wildman–Crippen LogP) is 5.05. The van der Waals surface area contributed by atoms with Crippen molar-refractivity contribution < 1.29 is 18.3 Å². The van der Waals surface area contributed by atoms with Crippen molar-refractivity contribution in [3.05, 3.63) is 71.8 Å². The Bertz CT molecular complexity index is 1420. The van der Waals surface area contributed by atoms with E-state index in [-0.39, 0.29) is 34.8 Å². The van der Waals surface area contributed by atoms with Gasteiger partial charge < -0.3 is 20.9 Å². The van der Waals surface area contributed by atoms with Crippen molar-refractivity contribution in [1.82, 2.24) is 24.6 Å². The molecule has 0 spiro atoms. The number of hydrogen-bond acceptors (Lipinski definition) is 9. The molecule has 3 aromatic rings. The minimum absolute atomic E-state index is 0.152. The van der Waals surface area contributed by atoms with Crippen molar-refractivity contribution in [3.8, 4) is 11.4 Å². The zero-order valence-electron chi connectivity index (χ0n) is 23.4. The van der Waals surface area contributed by atoms with Crippen LogP contribution in [0.5, 0.6) is 5.75 Å². The van der Waals surface area contributed by atoms with E-state index in [0.717, 1.165) is 56.4 Å². The molecule has 0 saturated carbocycles. The van der Waals surface area contributed by atoms with Crippen LogP contribution in [0.2, 0.25) is 0 Å². The lowest BCUT2D eigenvalue weighted by Gasteiger charge is -2.24. The lowest BCUT2D eigenvalue weighted by atomic mass is 10.1. The van der Waals surface area contributed by atoms with Gasteiger partial charge in [-0.25, -0.2) is 8.78 Å². The highest BCUT2D eigenvalue weighted by atomic mass is 32.2. The molecule has 0 radical (unpaired) electrons. The zero-order chi connectivity index (χ0) is 29.9. The number of nitrogens with one attached hydrogen (secondary N) is 1. The highest BCUT2D eigenvalue weighted by Gasteiger charge is 2.21. The fraction of sp³-hybridized carbons (Fsp3) is 0.379. The third-order valence-corrected chi connectivity index (χ3v) is 7.97. The third-order valence-electron chi connectivity index (χ3n) is 6.80. The number of ether oxygens (including phenoxy) is 1. The molecule has 5 rings (SSSR count). The summed E-state index contributed by atoms with van der Waals surface area (Å²) in [6, 6.07) is 5.44. The molecule has 3 N–H and O–H groups in total. The molecule has 3 heterocycles. The molecule has 1 amide bonds. The van der Waals surface area contributed by atoms with Crippen LogP contribution >= 0.6 is 11.8 Å². The topological polar surface area (TPSA) is 135 Å². The number of allylic oxidation sites excluding steroid dienone is 1. The average Bonchev–Trinajstić information content (AvgIpc) is 3.42. The summed E-state index contributed by atoms with van der Waals surface area (Å²) in [5.41, 5.74) is 0.322. The van der Waals surface area contributed by atoms with E-state index >= 15 is 0 Å². The van der Waals surface area contributed by atoms with Gasteiger partial charge in [-0.15, -0.1) is 10.2 Å². The van der Waals surface area contributed by atoms with Gasteiger partial charge in [0.25, 0.3) is 0 Å². The summed E-state index contributed by atoms with van der Waals surface area (Å²) in [5, 5.41) is 20.0. The molecule has 222 valence electrons. The van der Waals surface area contributed by atoms with E-state index in [0.29, 0.717) is 11.0 Å². The monoisotopic (exact) mass is 596 g/mol. The molecule has 1 atom stereocenters. The van der Waals surface area contributed by atoms with Crippen molar-refractivity contribution in [2.24, 2.45) is 10.9 Å². The molecule has 1 aromatic carbocycles. The predicted molar refractivity (Wildman–Crippen MR) is 158 cm³/mol. The Kier molecular flexibility index (Phi) is 11.2. The molecule has 2 aliphatic rings. The lowest BCUT2D eigenvalue weighted by Crippen LogP contribution is -2.33. The van der Waals surface area contributed by atoms with Crippen molar-refractivity contribution in [2.75, 3.05) is 13.1 Å². The van der Waals surface area contributed by atoms with Gasteiger partial charge in [-0.2, -0.15) is 5.10 Å². The van der Waals surface area contributed by atoms with E-state index in [1.165, 1.54) is 19.3 Å². The molecule has 0 bridgehead atoms. The van der Waals surface area contributed by atoms with Crippen molar-refractivity contribution >= 4 is 29.6 Å². The number of rotatable bonds is 8. The number of pyridine rings is 1. The number of benzene rings is 1. The van der Waals surface area contributed by atoms with Crippen LogP contribution in [0.25, 0.3) is 5.69 Å². The van der Waals surface area contributed by atoms with Crippen LogP contribution < -0.4 is 10.6 Å². The van der Waals surface area contributed by atoms with Crippen LogP contribution in [0.4, 0.5) is 8.78 Å². The lowest BCUT2D eigenvalue weighted by molar-refractivity contribution is -0.129. The Hall–Kier alpha value is -4.13. The molecule has 42 heavy (non-hydrogen) atoms. The van der Waals surface area contributed by atoms with E-state index in [1.54, 1.807) is 41.7 Å². The van der Waals surface area contributed by atoms with Crippen LogP contribution in [-0.2, 0) is 11.4 Å². The normalized spacial score (nSPS) is 16.9. The molecular weight excluding hydrogens is 562 g/mol. The van der Waals surface area contributed by atoms with E-state index in [4.69, 9.17) is 16.0 Å². The summed E-state index contributed by atoms with van der Waals surface area (Å²) in [6.45, 7) is 3.46. The third kappa shape index (κ3) is 7.99. The fourth-order valence-corrected chi connectivity index (χ4v) is 5.75. The summed E-state index contributed by atoms with van der Waals surface area (Å²) in [4.78, 5) is 16.8. The first-order chi connectivity index (χ1) is 20.4. The second kappa shape index (κ2) is 15.2. The van der Waals surface area contributed by atoms with Crippen LogP contribution in [0.1, 0.15) is 56.8 Å². The van der Waals surface area contributed by atoms with Crippen molar-refractivity contribution in [1.29, 1.82) is 5.41 Å².